The van der Waals surface area contributed by atoms with Crippen LogP contribution in [0, 0.1) is 11.3 Å². The average molecular weight is 321 g/mol. The number of nitriles is 1. The third-order valence-corrected chi connectivity index (χ3v) is 4.07. The fourth-order valence-corrected chi connectivity index (χ4v) is 2.82. The maximum absolute atomic E-state index is 8.92. The van der Waals surface area contributed by atoms with Gasteiger partial charge in [-0.3, -0.25) is 0 Å². The molecule has 3 rings (SSSR count). The van der Waals surface area contributed by atoms with Crippen LogP contribution in [0.1, 0.15) is 23.9 Å². The van der Waals surface area contributed by atoms with Crippen LogP contribution >= 0.6 is 0 Å². The summed E-state index contributed by atoms with van der Waals surface area (Å²) in [5, 5.41) is 8.92. The molecule has 0 saturated carbocycles. The minimum Gasteiger partial charge on any atom is -0.493 e. The molecular weight excluding hydrogens is 302 g/mol. The Morgan fingerprint density at radius 3 is 2.33 bits per heavy atom. The lowest BCUT2D eigenvalue weighted by Gasteiger charge is -2.11. The molecule has 0 radical (unpaired) electrons. The monoisotopic (exact) mass is 321 g/mol. The van der Waals surface area contributed by atoms with Crippen LogP contribution in [0.25, 0.3) is 11.0 Å². The number of aromatic nitrogens is 2. The molecule has 122 valence electrons. The highest BCUT2D eigenvalue weighted by atomic mass is 16.5. The van der Waals surface area contributed by atoms with Gasteiger partial charge in [-0.15, -0.1) is 0 Å². The second-order valence-corrected chi connectivity index (χ2v) is 5.47. The summed E-state index contributed by atoms with van der Waals surface area (Å²) in [6.07, 6.45) is 0.829. The molecule has 0 bridgehead atoms. The van der Waals surface area contributed by atoms with Crippen LogP contribution in [-0.4, -0.2) is 23.8 Å². The number of imidazole rings is 1. The van der Waals surface area contributed by atoms with Gasteiger partial charge in [-0.05, 0) is 17.7 Å². The van der Waals surface area contributed by atoms with Crippen molar-refractivity contribution in [1.82, 2.24) is 9.55 Å². The summed E-state index contributed by atoms with van der Waals surface area (Å²) < 4.78 is 13.0. The second-order valence-electron chi connectivity index (χ2n) is 5.47. The molecule has 0 spiro atoms. The zero-order valence-electron chi connectivity index (χ0n) is 14.0. The molecule has 0 aliphatic rings. The Morgan fingerprint density at radius 2 is 1.75 bits per heavy atom. The lowest BCUT2D eigenvalue weighted by molar-refractivity contribution is 0.355. The van der Waals surface area contributed by atoms with Gasteiger partial charge in [0.1, 0.15) is 5.82 Å². The van der Waals surface area contributed by atoms with Crippen molar-refractivity contribution in [2.45, 2.75) is 19.9 Å². The van der Waals surface area contributed by atoms with E-state index in [-0.39, 0.29) is 0 Å². The Morgan fingerprint density at radius 1 is 1.08 bits per heavy atom. The number of hydrogen-bond acceptors (Lipinski definition) is 4. The standard InChI is InChI=1S/C19H19N3O2/c1-4-19-21-15-9-17(23-2)18(24-3)10-16(15)22(19)12-14-7-5-13(11-20)6-8-14/h5-10H,4,12H2,1-3H3. The molecule has 0 N–H and O–H groups in total. The fraction of sp³-hybridized carbons (Fsp3) is 0.263. The van der Waals surface area contributed by atoms with Gasteiger partial charge in [0.15, 0.2) is 11.5 Å². The van der Waals surface area contributed by atoms with E-state index in [1.807, 2.05) is 36.4 Å². The molecule has 5 heteroatoms. The molecule has 0 amide bonds. The molecule has 0 unspecified atom stereocenters. The number of fused-ring (bicyclic) bond motifs is 1. The minimum atomic E-state index is 0.663. The summed E-state index contributed by atoms with van der Waals surface area (Å²) in [6, 6.07) is 13.6. The number of nitrogens with zero attached hydrogens (tertiary/aromatic N) is 3. The van der Waals surface area contributed by atoms with Crippen LogP contribution in [0.15, 0.2) is 36.4 Å². The van der Waals surface area contributed by atoms with Gasteiger partial charge in [-0.1, -0.05) is 19.1 Å². The van der Waals surface area contributed by atoms with E-state index in [9.17, 15) is 0 Å². The summed E-state index contributed by atoms with van der Waals surface area (Å²) in [6.45, 7) is 2.78. The average Bonchev–Trinajstić information content (AvgIpc) is 2.97. The lowest BCUT2D eigenvalue weighted by atomic mass is 10.1. The third-order valence-electron chi connectivity index (χ3n) is 4.07. The predicted octanol–water partition coefficient (Wildman–Crippen LogP) is 3.54. The molecule has 0 aliphatic heterocycles. The Balaban J connectivity index is 2.09. The normalized spacial score (nSPS) is 10.6. The summed E-state index contributed by atoms with van der Waals surface area (Å²) in [7, 11) is 3.25. The van der Waals surface area contributed by atoms with Gasteiger partial charge < -0.3 is 14.0 Å². The Labute approximate surface area is 141 Å². The first-order valence-electron chi connectivity index (χ1n) is 7.80. The van der Waals surface area contributed by atoms with Gasteiger partial charge in [0, 0.05) is 25.1 Å². The summed E-state index contributed by atoms with van der Waals surface area (Å²) in [5.74, 6) is 2.37. The van der Waals surface area contributed by atoms with Crippen LogP contribution < -0.4 is 9.47 Å². The van der Waals surface area contributed by atoms with Gasteiger partial charge in [-0.25, -0.2) is 4.98 Å². The molecule has 2 aromatic carbocycles. The van der Waals surface area contributed by atoms with Gasteiger partial charge in [-0.2, -0.15) is 5.26 Å². The van der Waals surface area contributed by atoms with E-state index in [0.717, 1.165) is 28.8 Å². The molecule has 0 atom stereocenters. The van der Waals surface area contributed by atoms with Crippen molar-refractivity contribution >= 4 is 11.0 Å². The van der Waals surface area contributed by atoms with Crippen LogP contribution in [-0.2, 0) is 13.0 Å². The Bertz CT molecular complexity index is 905. The zero-order valence-corrected chi connectivity index (χ0v) is 14.0. The van der Waals surface area contributed by atoms with Crippen LogP contribution in [0.4, 0.5) is 0 Å². The molecule has 1 aromatic heterocycles. The number of hydrogen-bond donors (Lipinski definition) is 0. The molecule has 5 nitrogen and oxygen atoms in total. The van der Waals surface area contributed by atoms with E-state index >= 15 is 0 Å². The summed E-state index contributed by atoms with van der Waals surface area (Å²) in [5.41, 5.74) is 3.68. The highest BCUT2D eigenvalue weighted by Crippen LogP contribution is 2.32. The second kappa shape index (κ2) is 6.63. The van der Waals surface area contributed by atoms with E-state index in [0.29, 0.717) is 23.6 Å². The quantitative estimate of drug-likeness (QED) is 0.721. The van der Waals surface area contributed by atoms with E-state index in [2.05, 4.69) is 17.6 Å². The zero-order chi connectivity index (χ0) is 17.1. The van der Waals surface area contributed by atoms with Crippen molar-refractivity contribution in [2.24, 2.45) is 0 Å². The summed E-state index contributed by atoms with van der Waals surface area (Å²) >= 11 is 0. The molecule has 3 aromatic rings. The number of methoxy groups -OCH3 is 2. The molecule has 0 fully saturated rings. The maximum atomic E-state index is 8.92. The van der Waals surface area contributed by atoms with Crippen LogP contribution in [0.3, 0.4) is 0 Å². The third kappa shape index (κ3) is 2.79. The van der Waals surface area contributed by atoms with Crippen LogP contribution in [0.5, 0.6) is 11.5 Å². The fourth-order valence-electron chi connectivity index (χ4n) is 2.82. The first-order chi connectivity index (χ1) is 11.7. The highest BCUT2D eigenvalue weighted by Gasteiger charge is 2.14. The van der Waals surface area contributed by atoms with Crippen molar-refractivity contribution in [3.8, 4) is 17.6 Å². The Kier molecular flexibility index (Phi) is 4.39. The van der Waals surface area contributed by atoms with E-state index in [1.54, 1.807) is 14.2 Å². The van der Waals surface area contributed by atoms with Gasteiger partial charge >= 0.3 is 0 Å². The molecular formula is C19H19N3O2. The number of aryl methyl sites for hydroxylation is 1. The number of ether oxygens (including phenoxy) is 2. The largest absolute Gasteiger partial charge is 0.493 e. The number of rotatable bonds is 5. The van der Waals surface area contributed by atoms with Gasteiger partial charge in [0.25, 0.3) is 0 Å². The molecule has 24 heavy (non-hydrogen) atoms. The maximum Gasteiger partial charge on any atom is 0.163 e. The van der Waals surface area contributed by atoms with Crippen molar-refractivity contribution in [3.63, 3.8) is 0 Å². The molecule has 0 saturated heterocycles. The van der Waals surface area contributed by atoms with E-state index in [4.69, 9.17) is 19.7 Å². The van der Waals surface area contributed by atoms with Gasteiger partial charge in [0.05, 0.1) is 36.9 Å². The van der Waals surface area contributed by atoms with Crippen molar-refractivity contribution < 1.29 is 9.47 Å². The molecule has 1 heterocycles. The topological polar surface area (TPSA) is 60.1 Å². The van der Waals surface area contributed by atoms with Gasteiger partial charge in [0.2, 0.25) is 0 Å². The van der Waals surface area contributed by atoms with Crippen molar-refractivity contribution in [3.05, 3.63) is 53.3 Å². The minimum absolute atomic E-state index is 0.663. The first kappa shape index (κ1) is 15.9. The molecule has 0 aliphatic carbocycles. The highest BCUT2D eigenvalue weighted by molar-refractivity contribution is 5.80. The van der Waals surface area contributed by atoms with Crippen molar-refractivity contribution in [2.75, 3.05) is 14.2 Å². The summed E-state index contributed by atoms with van der Waals surface area (Å²) in [4.78, 5) is 4.72. The first-order valence-corrected chi connectivity index (χ1v) is 7.80. The van der Waals surface area contributed by atoms with E-state index < -0.39 is 0 Å². The SMILES string of the molecule is CCc1nc2cc(OC)c(OC)cc2n1Cc1ccc(C#N)cc1. The van der Waals surface area contributed by atoms with Crippen molar-refractivity contribution in [1.29, 1.82) is 5.26 Å². The lowest BCUT2D eigenvalue weighted by Crippen LogP contribution is -2.04. The number of benzene rings is 2. The van der Waals surface area contributed by atoms with Crippen LogP contribution in [0.2, 0.25) is 0 Å². The van der Waals surface area contributed by atoms with E-state index in [1.165, 1.54) is 0 Å². The smallest absolute Gasteiger partial charge is 0.163 e. The Hall–Kier alpha value is -3.00. The predicted molar refractivity (Wildman–Crippen MR) is 92.5 cm³/mol.